The molecular formula is C12H17BrN2O2. The maximum absolute atomic E-state index is 12.3. The topological polar surface area (TPSA) is 45.5 Å². The SMILES string of the molecule is Cn1cc(Br)cc1C(=O)N1CCCC(C)(O)C1. The Morgan fingerprint density at radius 2 is 2.29 bits per heavy atom. The van der Waals surface area contributed by atoms with Gasteiger partial charge in [-0.2, -0.15) is 0 Å². The van der Waals surface area contributed by atoms with Crippen molar-refractivity contribution in [2.45, 2.75) is 25.4 Å². The molecule has 1 fully saturated rings. The molecule has 0 spiro atoms. The van der Waals surface area contributed by atoms with E-state index in [4.69, 9.17) is 0 Å². The molecule has 1 aromatic rings. The molecule has 0 aliphatic carbocycles. The Morgan fingerprint density at radius 3 is 2.82 bits per heavy atom. The molecule has 0 aromatic carbocycles. The van der Waals surface area contributed by atoms with Crippen LogP contribution in [0.1, 0.15) is 30.3 Å². The number of hydrogen-bond acceptors (Lipinski definition) is 2. The van der Waals surface area contributed by atoms with E-state index in [-0.39, 0.29) is 5.91 Å². The number of halogens is 1. The Balaban J connectivity index is 2.18. The summed E-state index contributed by atoms with van der Waals surface area (Å²) in [7, 11) is 1.85. The highest BCUT2D eigenvalue weighted by atomic mass is 79.9. The zero-order valence-corrected chi connectivity index (χ0v) is 11.7. The summed E-state index contributed by atoms with van der Waals surface area (Å²) in [5.41, 5.74) is -0.106. The number of carbonyl (C=O) groups is 1. The summed E-state index contributed by atoms with van der Waals surface area (Å²) in [6, 6.07) is 1.81. The molecule has 1 aliphatic heterocycles. The minimum atomic E-state index is -0.754. The maximum Gasteiger partial charge on any atom is 0.270 e. The third-order valence-corrected chi connectivity index (χ3v) is 3.59. The number of amides is 1. The van der Waals surface area contributed by atoms with E-state index in [1.807, 2.05) is 19.3 Å². The van der Waals surface area contributed by atoms with Gasteiger partial charge in [0, 0.05) is 30.8 Å². The van der Waals surface area contributed by atoms with Crippen LogP contribution in [0.4, 0.5) is 0 Å². The number of nitrogens with zero attached hydrogens (tertiary/aromatic N) is 2. The first-order chi connectivity index (χ1) is 7.89. The largest absolute Gasteiger partial charge is 0.388 e. The summed E-state index contributed by atoms with van der Waals surface area (Å²) >= 11 is 3.36. The van der Waals surface area contributed by atoms with Crippen molar-refractivity contribution < 1.29 is 9.90 Å². The van der Waals surface area contributed by atoms with Gasteiger partial charge in [0.1, 0.15) is 5.69 Å². The molecule has 1 N–H and O–H groups in total. The standard InChI is InChI=1S/C12H17BrN2O2/c1-12(17)4-3-5-15(8-12)11(16)10-6-9(13)7-14(10)2/h6-7,17H,3-5,8H2,1-2H3. The zero-order chi connectivity index (χ0) is 12.6. The highest BCUT2D eigenvalue weighted by molar-refractivity contribution is 9.10. The molecule has 1 aliphatic rings. The number of piperidine rings is 1. The molecule has 1 saturated heterocycles. The summed E-state index contributed by atoms with van der Waals surface area (Å²) in [6.07, 6.45) is 3.47. The van der Waals surface area contributed by atoms with E-state index in [0.717, 1.165) is 23.9 Å². The first-order valence-corrected chi connectivity index (χ1v) is 6.52. The average molecular weight is 301 g/mol. The second-order valence-electron chi connectivity index (χ2n) is 4.98. The van der Waals surface area contributed by atoms with Crippen LogP contribution in [0.15, 0.2) is 16.7 Å². The molecule has 1 amide bonds. The minimum absolute atomic E-state index is 0.0156. The van der Waals surface area contributed by atoms with Gasteiger partial charge in [-0.1, -0.05) is 0 Å². The van der Waals surface area contributed by atoms with Crippen LogP contribution in [0.2, 0.25) is 0 Å². The summed E-state index contributed by atoms with van der Waals surface area (Å²) in [6.45, 7) is 2.92. The second kappa shape index (κ2) is 4.46. The van der Waals surface area contributed by atoms with E-state index >= 15 is 0 Å². The highest BCUT2D eigenvalue weighted by Crippen LogP contribution is 2.23. The van der Waals surface area contributed by atoms with Crippen molar-refractivity contribution in [1.29, 1.82) is 0 Å². The van der Waals surface area contributed by atoms with Crippen molar-refractivity contribution in [3.63, 3.8) is 0 Å². The van der Waals surface area contributed by atoms with Crippen LogP contribution in [-0.4, -0.2) is 39.2 Å². The molecule has 94 valence electrons. The number of aliphatic hydroxyl groups is 1. The lowest BCUT2D eigenvalue weighted by Gasteiger charge is -2.36. The fourth-order valence-electron chi connectivity index (χ4n) is 2.29. The Kier molecular flexibility index (Phi) is 3.32. The first-order valence-electron chi connectivity index (χ1n) is 5.72. The minimum Gasteiger partial charge on any atom is -0.388 e. The van der Waals surface area contributed by atoms with Crippen molar-refractivity contribution in [3.8, 4) is 0 Å². The van der Waals surface area contributed by atoms with Gasteiger partial charge in [-0.05, 0) is 41.8 Å². The van der Waals surface area contributed by atoms with E-state index in [1.54, 1.807) is 16.4 Å². The Morgan fingerprint density at radius 1 is 1.59 bits per heavy atom. The van der Waals surface area contributed by atoms with Gasteiger partial charge in [-0.15, -0.1) is 0 Å². The highest BCUT2D eigenvalue weighted by Gasteiger charge is 2.32. The van der Waals surface area contributed by atoms with Crippen molar-refractivity contribution in [2.75, 3.05) is 13.1 Å². The van der Waals surface area contributed by atoms with Crippen LogP contribution in [0.25, 0.3) is 0 Å². The van der Waals surface area contributed by atoms with Gasteiger partial charge < -0.3 is 14.6 Å². The van der Waals surface area contributed by atoms with Gasteiger partial charge in [0.05, 0.1) is 5.60 Å². The summed E-state index contributed by atoms with van der Waals surface area (Å²) in [4.78, 5) is 14.0. The van der Waals surface area contributed by atoms with E-state index in [0.29, 0.717) is 12.2 Å². The Bertz CT molecular complexity index is 440. The van der Waals surface area contributed by atoms with Crippen LogP contribution in [0.5, 0.6) is 0 Å². The second-order valence-corrected chi connectivity index (χ2v) is 5.90. The number of rotatable bonds is 1. The van der Waals surface area contributed by atoms with Crippen LogP contribution in [0, 0.1) is 0 Å². The fraction of sp³-hybridized carbons (Fsp3) is 0.583. The molecule has 17 heavy (non-hydrogen) atoms. The van der Waals surface area contributed by atoms with Gasteiger partial charge in [-0.3, -0.25) is 4.79 Å². The first kappa shape index (κ1) is 12.6. The van der Waals surface area contributed by atoms with Gasteiger partial charge in [0.2, 0.25) is 0 Å². The van der Waals surface area contributed by atoms with Crippen LogP contribution < -0.4 is 0 Å². The summed E-state index contributed by atoms with van der Waals surface area (Å²) < 4.78 is 2.70. The molecule has 1 unspecified atom stereocenters. The number of aromatic nitrogens is 1. The Labute approximate surface area is 109 Å². The van der Waals surface area contributed by atoms with Crippen LogP contribution >= 0.6 is 15.9 Å². The van der Waals surface area contributed by atoms with Crippen molar-refractivity contribution in [3.05, 3.63) is 22.4 Å². The zero-order valence-electron chi connectivity index (χ0n) is 10.1. The maximum atomic E-state index is 12.3. The number of carbonyl (C=O) groups excluding carboxylic acids is 1. The van der Waals surface area contributed by atoms with E-state index in [1.165, 1.54) is 0 Å². The van der Waals surface area contributed by atoms with E-state index in [9.17, 15) is 9.90 Å². The van der Waals surface area contributed by atoms with Gasteiger partial charge in [0.15, 0.2) is 0 Å². The summed E-state index contributed by atoms with van der Waals surface area (Å²) in [5, 5.41) is 10.0. The molecule has 2 heterocycles. The number of likely N-dealkylation sites (tertiary alicyclic amines) is 1. The molecule has 2 rings (SSSR count). The van der Waals surface area contributed by atoms with Crippen molar-refractivity contribution in [1.82, 2.24) is 9.47 Å². The van der Waals surface area contributed by atoms with Gasteiger partial charge in [0.25, 0.3) is 5.91 Å². The molecule has 0 saturated carbocycles. The predicted molar refractivity (Wildman–Crippen MR) is 68.9 cm³/mol. The lowest BCUT2D eigenvalue weighted by Crippen LogP contribution is -2.48. The molecule has 5 heteroatoms. The summed E-state index contributed by atoms with van der Waals surface area (Å²) in [5.74, 6) is -0.0156. The molecule has 4 nitrogen and oxygen atoms in total. The predicted octanol–water partition coefficient (Wildman–Crippen LogP) is 1.77. The quantitative estimate of drug-likeness (QED) is 0.859. The smallest absolute Gasteiger partial charge is 0.270 e. The molecule has 0 bridgehead atoms. The van der Waals surface area contributed by atoms with Crippen LogP contribution in [-0.2, 0) is 7.05 Å². The fourth-order valence-corrected chi connectivity index (χ4v) is 2.82. The normalized spacial score (nSPS) is 25.1. The van der Waals surface area contributed by atoms with Crippen molar-refractivity contribution >= 4 is 21.8 Å². The monoisotopic (exact) mass is 300 g/mol. The molecular weight excluding hydrogens is 284 g/mol. The van der Waals surface area contributed by atoms with E-state index in [2.05, 4.69) is 15.9 Å². The molecule has 0 radical (unpaired) electrons. The van der Waals surface area contributed by atoms with Crippen molar-refractivity contribution in [2.24, 2.45) is 7.05 Å². The lowest BCUT2D eigenvalue weighted by atomic mass is 9.95. The van der Waals surface area contributed by atoms with Gasteiger partial charge >= 0.3 is 0 Å². The average Bonchev–Trinajstić information content (AvgIpc) is 2.55. The number of aryl methyl sites for hydroxylation is 1. The van der Waals surface area contributed by atoms with E-state index < -0.39 is 5.60 Å². The third kappa shape index (κ3) is 2.72. The Hall–Kier alpha value is -0.810. The number of β-amino-alcohol motifs (C(OH)–C–C–N with tert-alkyl or cyclic N) is 1. The molecule has 1 atom stereocenters. The van der Waals surface area contributed by atoms with Gasteiger partial charge in [-0.25, -0.2) is 0 Å². The number of hydrogen-bond donors (Lipinski definition) is 1. The lowest BCUT2D eigenvalue weighted by molar-refractivity contribution is -0.0110. The third-order valence-electron chi connectivity index (χ3n) is 3.15. The molecule has 1 aromatic heterocycles. The van der Waals surface area contributed by atoms with Crippen LogP contribution in [0.3, 0.4) is 0 Å².